The zero-order valence-electron chi connectivity index (χ0n) is 12.8. The van der Waals surface area contributed by atoms with E-state index >= 15 is 0 Å². The van der Waals surface area contributed by atoms with Crippen molar-refractivity contribution in [2.75, 3.05) is 20.2 Å². The van der Waals surface area contributed by atoms with Crippen LogP contribution >= 0.6 is 0 Å². The van der Waals surface area contributed by atoms with Gasteiger partial charge in [-0.05, 0) is 44.5 Å². The Kier molecular flexibility index (Phi) is 6.32. The van der Waals surface area contributed by atoms with E-state index in [9.17, 15) is 5.11 Å². The van der Waals surface area contributed by atoms with Crippen LogP contribution in [-0.2, 0) is 6.54 Å². The molecule has 0 saturated heterocycles. The summed E-state index contributed by atoms with van der Waals surface area (Å²) in [4.78, 5) is 2.29. The van der Waals surface area contributed by atoms with Crippen molar-refractivity contribution in [3.8, 4) is 5.75 Å². The van der Waals surface area contributed by atoms with Gasteiger partial charge >= 0.3 is 0 Å². The van der Waals surface area contributed by atoms with Gasteiger partial charge in [0.15, 0.2) is 0 Å². The van der Waals surface area contributed by atoms with Crippen molar-refractivity contribution in [1.29, 1.82) is 0 Å². The van der Waals surface area contributed by atoms with Crippen molar-refractivity contribution in [3.63, 3.8) is 0 Å². The monoisotopic (exact) mass is 265 g/mol. The van der Waals surface area contributed by atoms with Crippen LogP contribution in [0.15, 0.2) is 18.2 Å². The summed E-state index contributed by atoms with van der Waals surface area (Å²) in [6.07, 6.45) is -0.440. The quantitative estimate of drug-likeness (QED) is 0.821. The summed E-state index contributed by atoms with van der Waals surface area (Å²) in [5.41, 5.74) is 2.08. The topological polar surface area (TPSA) is 32.7 Å². The molecule has 1 unspecified atom stereocenters. The van der Waals surface area contributed by atoms with Crippen LogP contribution in [0.3, 0.4) is 0 Å². The lowest BCUT2D eigenvalue weighted by molar-refractivity contribution is 0.198. The average Bonchev–Trinajstić information content (AvgIpc) is 2.30. The molecule has 0 radical (unpaired) electrons. The molecule has 0 heterocycles. The lowest BCUT2D eigenvalue weighted by Crippen LogP contribution is -2.23. The second-order valence-electron chi connectivity index (χ2n) is 5.57. The number of aliphatic hydroxyl groups excluding tert-OH is 1. The van der Waals surface area contributed by atoms with E-state index in [1.54, 1.807) is 6.92 Å². The van der Waals surface area contributed by atoms with Gasteiger partial charge in [-0.15, -0.1) is 0 Å². The summed E-state index contributed by atoms with van der Waals surface area (Å²) in [6, 6.07) is 5.94. The van der Waals surface area contributed by atoms with Gasteiger partial charge in [-0.1, -0.05) is 19.9 Å². The van der Waals surface area contributed by atoms with E-state index in [0.717, 1.165) is 30.0 Å². The van der Waals surface area contributed by atoms with E-state index in [1.165, 1.54) is 0 Å². The number of ether oxygens (including phenoxy) is 1. The molecule has 1 atom stereocenters. The minimum absolute atomic E-state index is 0.440. The van der Waals surface area contributed by atoms with Crippen LogP contribution in [0, 0.1) is 5.92 Å². The van der Waals surface area contributed by atoms with Gasteiger partial charge in [-0.2, -0.15) is 0 Å². The molecule has 1 aromatic rings. The molecule has 0 saturated carbocycles. The molecule has 3 nitrogen and oxygen atoms in total. The Morgan fingerprint density at radius 2 is 1.95 bits per heavy atom. The first-order valence-corrected chi connectivity index (χ1v) is 7.06. The Labute approximate surface area is 117 Å². The van der Waals surface area contributed by atoms with Gasteiger partial charge < -0.3 is 14.7 Å². The summed E-state index contributed by atoms with van der Waals surface area (Å²) in [5.74, 6) is 1.56. The number of aliphatic hydroxyl groups is 1. The normalized spacial score (nSPS) is 13.1. The third-order valence-electron chi connectivity index (χ3n) is 2.98. The van der Waals surface area contributed by atoms with Gasteiger partial charge in [-0.25, -0.2) is 0 Å². The summed E-state index contributed by atoms with van der Waals surface area (Å²) in [5, 5.41) is 9.69. The zero-order valence-corrected chi connectivity index (χ0v) is 12.8. The van der Waals surface area contributed by atoms with Gasteiger partial charge in [-0.3, -0.25) is 0 Å². The molecule has 1 aromatic carbocycles. The first-order chi connectivity index (χ1) is 8.93. The van der Waals surface area contributed by atoms with E-state index in [1.807, 2.05) is 25.1 Å². The molecule has 0 bridgehead atoms. The molecular formula is C16H27NO2. The van der Waals surface area contributed by atoms with Crippen molar-refractivity contribution >= 4 is 0 Å². The van der Waals surface area contributed by atoms with Crippen molar-refractivity contribution in [2.45, 2.75) is 40.3 Å². The fraction of sp³-hybridized carbons (Fsp3) is 0.625. The molecule has 1 N–H and O–H groups in total. The third kappa shape index (κ3) is 5.21. The molecule has 0 aliphatic rings. The number of nitrogens with zero attached hydrogens (tertiary/aromatic N) is 1. The summed E-state index contributed by atoms with van der Waals surface area (Å²) < 4.78 is 5.67. The minimum atomic E-state index is -0.440. The maximum atomic E-state index is 9.69. The molecule has 0 aliphatic carbocycles. The molecule has 0 amide bonds. The fourth-order valence-corrected chi connectivity index (χ4v) is 2.26. The molecule has 108 valence electrons. The lowest BCUT2D eigenvalue weighted by Gasteiger charge is -2.21. The van der Waals surface area contributed by atoms with Gasteiger partial charge in [0.25, 0.3) is 0 Å². The van der Waals surface area contributed by atoms with Gasteiger partial charge in [0.2, 0.25) is 0 Å². The van der Waals surface area contributed by atoms with E-state index in [-0.39, 0.29) is 0 Å². The van der Waals surface area contributed by atoms with Crippen molar-refractivity contribution in [3.05, 3.63) is 29.3 Å². The standard InChI is InChI=1S/C16H27NO2/c1-6-19-16-8-7-14(13(4)18)9-15(16)11-17(5)10-12(2)3/h7-9,12-13,18H,6,10-11H2,1-5H3. The van der Waals surface area contributed by atoms with Crippen LogP contribution in [0.2, 0.25) is 0 Å². The molecular weight excluding hydrogens is 238 g/mol. The Bertz CT molecular complexity index is 388. The van der Waals surface area contributed by atoms with Gasteiger partial charge in [0, 0.05) is 18.7 Å². The second-order valence-corrected chi connectivity index (χ2v) is 5.57. The smallest absolute Gasteiger partial charge is 0.123 e. The van der Waals surface area contributed by atoms with Gasteiger partial charge in [0.05, 0.1) is 12.7 Å². The van der Waals surface area contributed by atoms with Crippen LogP contribution in [-0.4, -0.2) is 30.2 Å². The molecule has 0 fully saturated rings. The number of hydrogen-bond acceptors (Lipinski definition) is 3. The molecule has 0 spiro atoms. The maximum absolute atomic E-state index is 9.69. The van der Waals surface area contributed by atoms with Crippen LogP contribution in [0.4, 0.5) is 0 Å². The molecule has 19 heavy (non-hydrogen) atoms. The Hall–Kier alpha value is -1.06. The lowest BCUT2D eigenvalue weighted by atomic mass is 10.1. The highest BCUT2D eigenvalue weighted by molar-refractivity contribution is 5.38. The fourth-order valence-electron chi connectivity index (χ4n) is 2.26. The second kappa shape index (κ2) is 7.51. The highest BCUT2D eigenvalue weighted by atomic mass is 16.5. The van der Waals surface area contributed by atoms with E-state index < -0.39 is 6.10 Å². The predicted molar refractivity (Wildman–Crippen MR) is 79.4 cm³/mol. The van der Waals surface area contributed by atoms with Crippen LogP contribution < -0.4 is 4.74 Å². The maximum Gasteiger partial charge on any atom is 0.123 e. The minimum Gasteiger partial charge on any atom is -0.494 e. The van der Waals surface area contributed by atoms with Crippen molar-refractivity contribution < 1.29 is 9.84 Å². The number of rotatable bonds is 7. The van der Waals surface area contributed by atoms with E-state index in [0.29, 0.717) is 12.5 Å². The summed E-state index contributed by atoms with van der Waals surface area (Å²) >= 11 is 0. The van der Waals surface area contributed by atoms with E-state index in [4.69, 9.17) is 4.74 Å². The van der Waals surface area contributed by atoms with Crippen molar-refractivity contribution in [2.24, 2.45) is 5.92 Å². The zero-order chi connectivity index (χ0) is 14.4. The molecule has 0 aromatic heterocycles. The summed E-state index contributed by atoms with van der Waals surface area (Å²) in [7, 11) is 2.12. The SMILES string of the molecule is CCOc1ccc(C(C)O)cc1CN(C)CC(C)C. The van der Waals surface area contributed by atoms with Crippen molar-refractivity contribution in [1.82, 2.24) is 4.90 Å². The van der Waals surface area contributed by atoms with Crippen LogP contribution in [0.5, 0.6) is 5.75 Å². The highest BCUT2D eigenvalue weighted by Crippen LogP contribution is 2.25. The number of hydrogen-bond donors (Lipinski definition) is 1. The first kappa shape index (κ1) is 16.0. The summed E-state index contributed by atoms with van der Waals surface area (Å²) in [6.45, 7) is 10.8. The van der Waals surface area contributed by atoms with Gasteiger partial charge in [0.1, 0.15) is 5.75 Å². The van der Waals surface area contributed by atoms with Crippen LogP contribution in [0.1, 0.15) is 44.9 Å². The van der Waals surface area contributed by atoms with Crippen LogP contribution in [0.25, 0.3) is 0 Å². The molecule has 1 rings (SSSR count). The average molecular weight is 265 g/mol. The third-order valence-corrected chi connectivity index (χ3v) is 2.98. The first-order valence-electron chi connectivity index (χ1n) is 7.06. The Balaban J connectivity index is 2.90. The molecule has 3 heteroatoms. The predicted octanol–water partition coefficient (Wildman–Crippen LogP) is 3.23. The largest absolute Gasteiger partial charge is 0.494 e. The number of benzene rings is 1. The Morgan fingerprint density at radius 1 is 1.26 bits per heavy atom. The Morgan fingerprint density at radius 3 is 2.47 bits per heavy atom. The molecule has 0 aliphatic heterocycles. The van der Waals surface area contributed by atoms with E-state index in [2.05, 4.69) is 25.8 Å². The highest BCUT2D eigenvalue weighted by Gasteiger charge is 2.11.